The number of hydrogen-bond donors (Lipinski definition) is 2. The zero-order valence-electron chi connectivity index (χ0n) is 13.2. The van der Waals surface area contributed by atoms with Gasteiger partial charge in [0.2, 0.25) is 0 Å². The Balaban J connectivity index is 1.87. The Morgan fingerprint density at radius 2 is 2.29 bits per heavy atom. The van der Waals surface area contributed by atoms with Crippen molar-refractivity contribution in [2.45, 2.75) is 19.4 Å². The Morgan fingerprint density at radius 1 is 1.46 bits per heavy atom. The minimum atomic E-state index is -0.330. The molecular weight excluding hydrogens is 326 g/mol. The molecule has 1 aliphatic rings. The third-order valence-electron chi connectivity index (χ3n) is 4.20. The fourth-order valence-corrected chi connectivity index (χ4v) is 4.20. The number of aromatic amines is 1. The normalized spacial score (nSPS) is 14.4. The third-order valence-corrected chi connectivity index (χ3v) is 5.41. The number of hydrogen-bond acceptors (Lipinski definition) is 5. The SMILES string of the molecule is CC(CO)n1c(-c2cc3c(s2)-c2ccccc2OCC3)n[nH]c1=O. The van der Waals surface area contributed by atoms with Crippen molar-refractivity contribution in [3.63, 3.8) is 0 Å². The second kappa shape index (κ2) is 5.92. The number of aromatic nitrogens is 3. The lowest BCUT2D eigenvalue weighted by Gasteiger charge is -2.10. The molecule has 0 amide bonds. The summed E-state index contributed by atoms with van der Waals surface area (Å²) in [6.07, 6.45) is 0.810. The van der Waals surface area contributed by atoms with E-state index in [1.165, 1.54) is 10.1 Å². The van der Waals surface area contributed by atoms with Gasteiger partial charge in [-0.1, -0.05) is 12.1 Å². The lowest BCUT2D eigenvalue weighted by molar-refractivity contribution is 0.237. The highest BCUT2D eigenvalue weighted by molar-refractivity contribution is 7.19. The summed E-state index contributed by atoms with van der Waals surface area (Å²) in [7, 11) is 0. The lowest BCUT2D eigenvalue weighted by Crippen LogP contribution is -2.23. The van der Waals surface area contributed by atoms with Crippen molar-refractivity contribution < 1.29 is 9.84 Å². The van der Waals surface area contributed by atoms with E-state index in [0.717, 1.165) is 27.5 Å². The number of aliphatic hydroxyl groups excluding tert-OH is 1. The molecule has 7 heteroatoms. The summed E-state index contributed by atoms with van der Waals surface area (Å²) >= 11 is 1.60. The summed E-state index contributed by atoms with van der Waals surface area (Å²) in [5, 5.41) is 16.1. The molecule has 0 saturated carbocycles. The number of ether oxygens (including phenoxy) is 1. The van der Waals surface area contributed by atoms with Crippen LogP contribution in [0, 0.1) is 0 Å². The quantitative estimate of drug-likeness (QED) is 0.765. The lowest BCUT2D eigenvalue weighted by atomic mass is 10.1. The van der Waals surface area contributed by atoms with Crippen molar-refractivity contribution >= 4 is 11.3 Å². The Bertz CT molecular complexity index is 941. The molecule has 1 aromatic carbocycles. The van der Waals surface area contributed by atoms with Crippen LogP contribution < -0.4 is 10.4 Å². The summed E-state index contributed by atoms with van der Waals surface area (Å²) in [5.41, 5.74) is 1.96. The Labute approximate surface area is 142 Å². The van der Waals surface area contributed by atoms with Crippen LogP contribution in [-0.4, -0.2) is 33.1 Å². The smallest absolute Gasteiger partial charge is 0.343 e. The molecule has 0 spiro atoms. The minimum Gasteiger partial charge on any atom is -0.493 e. The van der Waals surface area contributed by atoms with Gasteiger partial charge in [0.1, 0.15) is 5.75 Å². The maximum Gasteiger partial charge on any atom is 0.343 e. The molecule has 0 fully saturated rings. The van der Waals surface area contributed by atoms with Crippen LogP contribution in [-0.2, 0) is 6.42 Å². The second-order valence-corrected chi connectivity index (χ2v) is 6.87. The molecule has 24 heavy (non-hydrogen) atoms. The van der Waals surface area contributed by atoms with Crippen molar-refractivity contribution in [1.29, 1.82) is 0 Å². The molecule has 0 radical (unpaired) electrons. The molecule has 1 aliphatic heterocycles. The third kappa shape index (κ3) is 2.37. The first kappa shape index (κ1) is 15.2. The van der Waals surface area contributed by atoms with E-state index in [2.05, 4.69) is 16.3 Å². The largest absolute Gasteiger partial charge is 0.493 e. The summed E-state index contributed by atoms with van der Waals surface area (Å²) in [6, 6.07) is 9.72. The van der Waals surface area contributed by atoms with Crippen LogP contribution in [0.25, 0.3) is 21.1 Å². The molecule has 4 rings (SSSR count). The maximum absolute atomic E-state index is 12.0. The van der Waals surface area contributed by atoms with Gasteiger partial charge in [-0.25, -0.2) is 9.89 Å². The van der Waals surface area contributed by atoms with Crippen molar-refractivity contribution in [3.8, 4) is 26.9 Å². The van der Waals surface area contributed by atoms with Gasteiger partial charge < -0.3 is 9.84 Å². The molecule has 2 N–H and O–H groups in total. The number of aliphatic hydroxyl groups is 1. The van der Waals surface area contributed by atoms with Crippen molar-refractivity contribution in [3.05, 3.63) is 46.4 Å². The van der Waals surface area contributed by atoms with Gasteiger partial charge in [0.05, 0.1) is 24.1 Å². The van der Waals surface area contributed by atoms with Crippen LogP contribution in [0.1, 0.15) is 18.5 Å². The van der Waals surface area contributed by atoms with E-state index in [4.69, 9.17) is 4.74 Å². The van der Waals surface area contributed by atoms with Crippen LogP contribution in [0.3, 0.4) is 0 Å². The average molecular weight is 343 g/mol. The fourth-order valence-electron chi connectivity index (χ4n) is 2.97. The fraction of sp³-hybridized carbons (Fsp3) is 0.294. The number of nitrogens with zero attached hydrogens (tertiary/aromatic N) is 2. The van der Waals surface area contributed by atoms with Gasteiger partial charge in [0, 0.05) is 16.9 Å². The molecule has 0 saturated heterocycles. The zero-order chi connectivity index (χ0) is 16.7. The van der Waals surface area contributed by atoms with E-state index in [-0.39, 0.29) is 18.3 Å². The van der Waals surface area contributed by atoms with Gasteiger partial charge in [-0.05, 0) is 30.7 Å². The first-order valence-electron chi connectivity index (χ1n) is 7.82. The van der Waals surface area contributed by atoms with Gasteiger partial charge in [-0.3, -0.25) is 4.57 Å². The Morgan fingerprint density at radius 3 is 3.12 bits per heavy atom. The molecule has 3 aromatic rings. The molecule has 0 aliphatic carbocycles. The molecule has 2 aromatic heterocycles. The predicted octanol–water partition coefficient (Wildman–Crippen LogP) is 2.46. The van der Waals surface area contributed by atoms with Gasteiger partial charge >= 0.3 is 5.69 Å². The van der Waals surface area contributed by atoms with E-state index in [9.17, 15) is 9.90 Å². The van der Waals surface area contributed by atoms with Crippen molar-refractivity contribution in [2.24, 2.45) is 0 Å². The first-order chi connectivity index (χ1) is 11.7. The van der Waals surface area contributed by atoms with Gasteiger partial charge in [-0.2, -0.15) is 5.10 Å². The van der Waals surface area contributed by atoms with Gasteiger partial charge in [-0.15, -0.1) is 11.3 Å². The van der Waals surface area contributed by atoms with E-state index in [0.29, 0.717) is 12.4 Å². The summed E-state index contributed by atoms with van der Waals surface area (Å²) in [6.45, 7) is 2.30. The van der Waals surface area contributed by atoms with Crippen molar-refractivity contribution in [2.75, 3.05) is 13.2 Å². The Hall–Kier alpha value is -2.38. The molecule has 124 valence electrons. The number of benzene rings is 1. The van der Waals surface area contributed by atoms with E-state index < -0.39 is 0 Å². The van der Waals surface area contributed by atoms with Crippen molar-refractivity contribution in [1.82, 2.24) is 14.8 Å². The monoisotopic (exact) mass is 343 g/mol. The molecular formula is C17H17N3O3S. The highest BCUT2D eigenvalue weighted by atomic mass is 32.1. The average Bonchev–Trinajstić information content (AvgIpc) is 3.14. The number of nitrogens with one attached hydrogen (secondary N) is 1. The van der Waals surface area contributed by atoms with E-state index >= 15 is 0 Å². The zero-order valence-corrected chi connectivity index (χ0v) is 14.0. The molecule has 1 unspecified atom stereocenters. The molecule has 3 heterocycles. The Kier molecular flexibility index (Phi) is 3.74. The number of H-pyrrole nitrogens is 1. The summed E-state index contributed by atoms with van der Waals surface area (Å²) < 4.78 is 7.32. The van der Waals surface area contributed by atoms with Gasteiger partial charge in [0.25, 0.3) is 0 Å². The number of thiophene rings is 1. The van der Waals surface area contributed by atoms with Crippen LogP contribution in [0.15, 0.2) is 35.1 Å². The standard InChI is InChI=1S/C17H17N3O3S/c1-10(9-21)20-16(18-19-17(20)22)14-8-11-6-7-23-13-5-3-2-4-12(13)15(11)24-14/h2-5,8,10,21H,6-7,9H2,1H3,(H,19,22). The number of rotatable bonds is 3. The molecule has 1 atom stereocenters. The minimum absolute atomic E-state index is 0.117. The number of fused-ring (bicyclic) bond motifs is 3. The number of para-hydroxylation sites is 1. The summed E-state index contributed by atoms with van der Waals surface area (Å²) in [5.74, 6) is 1.45. The first-order valence-corrected chi connectivity index (χ1v) is 8.63. The van der Waals surface area contributed by atoms with Gasteiger partial charge in [0.15, 0.2) is 5.82 Å². The molecule has 0 bridgehead atoms. The highest BCUT2D eigenvalue weighted by Crippen LogP contribution is 2.43. The van der Waals surface area contributed by atoms with Crippen LogP contribution >= 0.6 is 11.3 Å². The van der Waals surface area contributed by atoms with Crippen LogP contribution in [0.4, 0.5) is 0 Å². The molecule has 6 nitrogen and oxygen atoms in total. The predicted molar refractivity (Wildman–Crippen MR) is 92.6 cm³/mol. The topological polar surface area (TPSA) is 80.1 Å². The van der Waals surface area contributed by atoms with Crippen LogP contribution in [0.5, 0.6) is 5.75 Å². The maximum atomic E-state index is 12.0. The highest BCUT2D eigenvalue weighted by Gasteiger charge is 2.22. The van der Waals surface area contributed by atoms with Crippen LogP contribution in [0.2, 0.25) is 0 Å². The van der Waals surface area contributed by atoms with E-state index in [1.807, 2.05) is 24.3 Å². The van der Waals surface area contributed by atoms with E-state index in [1.54, 1.807) is 18.3 Å². The summed E-state index contributed by atoms with van der Waals surface area (Å²) in [4.78, 5) is 14.1. The second-order valence-electron chi connectivity index (χ2n) is 5.81.